The van der Waals surface area contributed by atoms with Gasteiger partial charge in [0.15, 0.2) is 11.6 Å². The fraction of sp³-hybridized carbons (Fsp3) is 0.375. The van der Waals surface area contributed by atoms with Gasteiger partial charge >= 0.3 is 0 Å². The predicted octanol–water partition coefficient (Wildman–Crippen LogP) is 3.52. The van der Waals surface area contributed by atoms with Crippen LogP contribution in [0.15, 0.2) is 29.6 Å². The summed E-state index contributed by atoms with van der Waals surface area (Å²) in [5.74, 6) is 5.98. The van der Waals surface area contributed by atoms with E-state index in [9.17, 15) is 4.39 Å². The number of methoxy groups -OCH3 is 1. The van der Waals surface area contributed by atoms with E-state index >= 15 is 0 Å². The molecule has 0 aliphatic heterocycles. The summed E-state index contributed by atoms with van der Waals surface area (Å²) < 4.78 is 18.9. The molecule has 112 valence electrons. The van der Waals surface area contributed by atoms with E-state index in [1.165, 1.54) is 23.6 Å². The summed E-state index contributed by atoms with van der Waals surface area (Å²) in [4.78, 5) is 1.43. The SMILES string of the molecule is COc1ccc(C(NN)C2CCCc3sccc32)cc1F. The van der Waals surface area contributed by atoms with Crippen LogP contribution in [0, 0.1) is 5.82 Å². The summed E-state index contributed by atoms with van der Waals surface area (Å²) in [6.07, 6.45) is 3.35. The van der Waals surface area contributed by atoms with Gasteiger partial charge in [-0.2, -0.15) is 0 Å². The maximum atomic E-state index is 14.0. The highest BCUT2D eigenvalue weighted by Gasteiger charge is 2.29. The molecule has 2 atom stereocenters. The number of ether oxygens (including phenoxy) is 1. The number of halogens is 1. The van der Waals surface area contributed by atoms with Crippen LogP contribution < -0.4 is 16.0 Å². The van der Waals surface area contributed by atoms with Gasteiger partial charge in [0, 0.05) is 10.8 Å². The number of hydrazine groups is 1. The van der Waals surface area contributed by atoms with Crippen molar-refractivity contribution in [3.05, 3.63) is 51.5 Å². The lowest BCUT2D eigenvalue weighted by atomic mass is 9.80. The van der Waals surface area contributed by atoms with Crippen molar-refractivity contribution in [1.29, 1.82) is 0 Å². The Hall–Kier alpha value is -1.43. The van der Waals surface area contributed by atoms with Crippen molar-refractivity contribution in [2.45, 2.75) is 31.2 Å². The van der Waals surface area contributed by atoms with Gasteiger partial charge in [-0.05, 0) is 54.0 Å². The number of fused-ring (bicyclic) bond motifs is 1. The molecule has 0 saturated carbocycles. The normalized spacial score (nSPS) is 19.1. The number of benzene rings is 1. The average Bonchev–Trinajstić information content (AvgIpc) is 2.97. The van der Waals surface area contributed by atoms with E-state index in [1.54, 1.807) is 17.4 Å². The van der Waals surface area contributed by atoms with Crippen LogP contribution in [-0.4, -0.2) is 7.11 Å². The topological polar surface area (TPSA) is 47.3 Å². The van der Waals surface area contributed by atoms with E-state index in [4.69, 9.17) is 10.6 Å². The van der Waals surface area contributed by atoms with Crippen molar-refractivity contribution < 1.29 is 9.13 Å². The molecule has 1 aliphatic carbocycles. The summed E-state index contributed by atoms with van der Waals surface area (Å²) in [5.41, 5.74) is 5.09. The number of rotatable bonds is 4. The molecule has 0 spiro atoms. The lowest BCUT2D eigenvalue weighted by Crippen LogP contribution is -2.33. The number of nitrogens with two attached hydrogens (primary N) is 1. The Balaban J connectivity index is 1.95. The molecule has 2 aromatic rings. The standard InChI is InChI=1S/C16H19FN2OS/c1-20-14-6-5-10(9-13(14)17)16(19-18)12-3-2-4-15-11(12)7-8-21-15/h5-9,12,16,19H,2-4,18H2,1H3. The van der Waals surface area contributed by atoms with Gasteiger partial charge in [0.05, 0.1) is 13.2 Å². The van der Waals surface area contributed by atoms with Gasteiger partial charge in [-0.3, -0.25) is 11.3 Å². The van der Waals surface area contributed by atoms with Crippen LogP contribution in [0.1, 0.15) is 40.8 Å². The molecule has 0 saturated heterocycles. The third kappa shape index (κ3) is 2.69. The highest BCUT2D eigenvalue weighted by Crippen LogP contribution is 2.42. The van der Waals surface area contributed by atoms with E-state index in [0.29, 0.717) is 0 Å². The predicted molar refractivity (Wildman–Crippen MR) is 83.0 cm³/mol. The third-order valence-electron chi connectivity index (χ3n) is 4.22. The molecule has 0 fully saturated rings. The molecule has 0 bridgehead atoms. The van der Waals surface area contributed by atoms with Gasteiger partial charge in [0.1, 0.15) is 0 Å². The highest BCUT2D eigenvalue weighted by molar-refractivity contribution is 7.10. The summed E-state index contributed by atoms with van der Waals surface area (Å²) in [6.45, 7) is 0. The molecular formula is C16H19FN2OS. The molecule has 0 amide bonds. The van der Waals surface area contributed by atoms with Gasteiger partial charge < -0.3 is 4.74 Å². The Morgan fingerprint density at radius 3 is 3.00 bits per heavy atom. The van der Waals surface area contributed by atoms with Crippen LogP contribution in [-0.2, 0) is 6.42 Å². The van der Waals surface area contributed by atoms with Crippen molar-refractivity contribution in [3.63, 3.8) is 0 Å². The molecule has 1 heterocycles. The zero-order valence-electron chi connectivity index (χ0n) is 11.9. The molecule has 3 N–H and O–H groups in total. The minimum atomic E-state index is -0.350. The van der Waals surface area contributed by atoms with E-state index in [0.717, 1.165) is 24.8 Å². The molecule has 1 aliphatic rings. The summed E-state index contributed by atoms with van der Waals surface area (Å²) >= 11 is 1.80. The van der Waals surface area contributed by atoms with Crippen molar-refractivity contribution in [3.8, 4) is 5.75 Å². The van der Waals surface area contributed by atoms with E-state index in [2.05, 4.69) is 16.9 Å². The maximum absolute atomic E-state index is 14.0. The molecular weight excluding hydrogens is 287 g/mol. The highest BCUT2D eigenvalue weighted by atomic mass is 32.1. The van der Waals surface area contributed by atoms with Crippen molar-refractivity contribution in [1.82, 2.24) is 5.43 Å². The zero-order chi connectivity index (χ0) is 14.8. The van der Waals surface area contributed by atoms with Crippen molar-refractivity contribution in [2.75, 3.05) is 7.11 Å². The minimum absolute atomic E-state index is 0.0842. The Kier molecular flexibility index (Phi) is 4.24. The summed E-state index contributed by atoms with van der Waals surface area (Å²) in [6, 6.07) is 7.15. The summed E-state index contributed by atoms with van der Waals surface area (Å²) in [5, 5.41) is 2.13. The fourth-order valence-corrected chi connectivity index (χ4v) is 4.19. The Bertz CT molecular complexity index is 628. The van der Waals surface area contributed by atoms with E-state index < -0.39 is 0 Å². The molecule has 1 aromatic carbocycles. The van der Waals surface area contributed by atoms with Crippen LogP contribution in [0.2, 0.25) is 0 Å². The second-order valence-corrected chi connectivity index (χ2v) is 6.34. The smallest absolute Gasteiger partial charge is 0.165 e. The Labute approximate surface area is 127 Å². The first kappa shape index (κ1) is 14.5. The van der Waals surface area contributed by atoms with Crippen LogP contribution in [0.5, 0.6) is 5.75 Å². The zero-order valence-corrected chi connectivity index (χ0v) is 12.8. The lowest BCUT2D eigenvalue weighted by molar-refractivity contribution is 0.381. The molecule has 21 heavy (non-hydrogen) atoms. The molecule has 3 nitrogen and oxygen atoms in total. The molecule has 3 rings (SSSR count). The second kappa shape index (κ2) is 6.13. The van der Waals surface area contributed by atoms with Crippen LogP contribution in [0.4, 0.5) is 4.39 Å². The summed E-state index contributed by atoms with van der Waals surface area (Å²) in [7, 11) is 1.47. The van der Waals surface area contributed by atoms with Crippen molar-refractivity contribution in [2.24, 2.45) is 5.84 Å². The Morgan fingerprint density at radius 2 is 2.29 bits per heavy atom. The largest absolute Gasteiger partial charge is 0.494 e. The van der Waals surface area contributed by atoms with Crippen LogP contribution in [0.25, 0.3) is 0 Å². The third-order valence-corrected chi connectivity index (χ3v) is 5.21. The number of hydrogen-bond donors (Lipinski definition) is 2. The van der Waals surface area contributed by atoms with Gasteiger partial charge in [-0.15, -0.1) is 11.3 Å². The molecule has 2 unspecified atom stereocenters. The van der Waals surface area contributed by atoms with Gasteiger partial charge in [0.25, 0.3) is 0 Å². The van der Waals surface area contributed by atoms with Crippen LogP contribution in [0.3, 0.4) is 0 Å². The minimum Gasteiger partial charge on any atom is -0.494 e. The molecule has 5 heteroatoms. The van der Waals surface area contributed by atoms with E-state index in [-0.39, 0.29) is 23.5 Å². The van der Waals surface area contributed by atoms with E-state index in [1.807, 2.05) is 6.07 Å². The molecule has 0 radical (unpaired) electrons. The fourth-order valence-electron chi connectivity index (χ4n) is 3.19. The average molecular weight is 306 g/mol. The first-order chi connectivity index (χ1) is 10.2. The first-order valence-corrected chi connectivity index (χ1v) is 7.98. The molecule has 1 aromatic heterocycles. The second-order valence-electron chi connectivity index (χ2n) is 5.34. The maximum Gasteiger partial charge on any atom is 0.165 e. The monoisotopic (exact) mass is 306 g/mol. The Morgan fingerprint density at radius 1 is 1.43 bits per heavy atom. The number of thiophene rings is 1. The number of nitrogens with one attached hydrogen (secondary N) is 1. The van der Waals surface area contributed by atoms with Crippen molar-refractivity contribution >= 4 is 11.3 Å². The number of hydrogen-bond acceptors (Lipinski definition) is 4. The van der Waals surface area contributed by atoms with Crippen LogP contribution >= 0.6 is 11.3 Å². The first-order valence-electron chi connectivity index (χ1n) is 7.10. The quantitative estimate of drug-likeness (QED) is 0.671. The number of aryl methyl sites for hydroxylation is 1. The lowest BCUT2D eigenvalue weighted by Gasteiger charge is -2.30. The van der Waals surface area contributed by atoms with Gasteiger partial charge in [-0.1, -0.05) is 6.07 Å². The van der Waals surface area contributed by atoms with Gasteiger partial charge in [-0.25, -0.2) is 4.39 Å². The van der Waals surface area contributed by atoms with Gasteiger partial charge in [0.2, 0.25) is 0 Å².